The summed E-state index contributed by atoms with van der Waals surface area (Å²) in [6, 6.07) is 23.9. The summed E-state index contributed by atoms with van der Waals surface area (Å²) in [5.74, 6) is 0.0418. The summed E-state index contributed by atoms with van der Waals surface area (Å²) in [6.07, 6.45) is 3.86. The van der Waals surface area contributed by atoms with Gasteiger partial charge in [0.2, 0.25) is 0 Å². The summed E-state index contributed by atoms with van der Waals surface area (Å²) in [6.45, 7) is 0.522. The lowest BCUT2D eigenvalue weighted by molar-refractivity contribution is 0.0729. The lowest BCUT2D eigenvalue weighted by Gasteiger charge is -2.23. The number of benzene rings is 2. The van der Waals surface area contributed by atoms with Gasteiger partial charge in [0, 0.05) is 27.7 Å². The molecule has 1 aliphatic carbocycles. The molecule has 0 radical (unpaired) electrons. The lowest BCUT2D eigenvalue weighted by Crippen LogP contribution is -2.33. The summed E-state index contributed by atoms with van der Waals surface area (Å²) in [5, 5.41) is 0.884. The molecule has 2 aromatic carbocycles. The van der Waals surface area contributed by atoms with Crippen LogP contribution in [0.25, 0.3) is 22.2 Å². The third-order valence-electron chi connectivity index (χ3n) is 5.39. The number of fused-ring (bicyclic) bond motifs is 1. The van der Waals surface area contributed by atoms with Crippen LogP contribution in [0.3, 0.4) is 0 Å². The first-order valence-corrected chi connectivity index (χ1v) is 10.8. The molecule has 0 spiro atoms. The molecule has 30 heavy (non-hydrogen) atoms. The molecule has 2 heterocycles. The quantitative estimate of drug-likeness (QED) is 0.376. The van der Waals surface area contributed by atoms with E-state index in [0.29, 0.717) is 12.1 Å². The molecule has 2 aromatic heterocycles. The Morgan fingerprint density at radius 2 is 1.77 bits per heavy atom. The molecule has 1 amide bonds. The minimum atomic E-state index is 0.0418. The van der Waals surface area contributed by atoms with Gasteiger partial charge in [-0.1, -0.05) is 52.3 Å². The zero-order chi connectivity index (χ0) is 20.5. The maximum absolute atomic E-state index is 13.7. The van der Waals surface area contributed by atoms with E-state index in [2.05, 4.69) is 20.9 Å². The molecule has 0 aliphatic heterocycles. The van der Waals surface area contributed by atoms with Crippen LogP contribution >= 0.6 is 15.9 Å². The number of para-hydroxylation sites is 1. The molecular formula is C25H20BrN3O. The van der Waals surface area contributed by atoms with Gasteiger partial charge >= 0.3 is 0 Å². The predicted molar refractivity (Wildman–Crippen MR) is 122 cm³/mol. The van der Waals surface area contributed by atoms with Gasteiger partial charge in [-0.05, 0) is 49.2 Å². The van der Waals surface area contributed by atoms with Crippen molar-refractivity contribution in [2.45, 2.75) is 25.4 Å². The van der Waals surface area contributed by atoms with Crippen molar-refractivity contribution in [2.75, 3.05) is 0 Å². The smallest absolute Gasteiger partial charge is 0.255 e. The van der Waals surface area contributed by atoms with Crippen molar-refractivity contribution in [3.8, 4) is 11.3 Å². The van der Waals surface area contributed by atoms with Crippen LogP contribution in [0.15, 0.2) is 83.5 Å². The number of halogens is 1. The minimum Gasteiger partial charge on any atom is -0.330 e. The predicted octanol–water partition coefficient (Wildman–Crippen LogP) is 5.86. The summed E-state index contributed by atoms with van der Waals surface area (Å²) in [4.78, 5) is 25.0. The Morgan fingerprint density at radius 1 is 1.00 bits per heavy atom. The van der Waals surface area contributed by atoms with Gasteiger partial charge in [-0.25, -0.2) is 4.98 Å². The number of rotatable bonds is 5. The average molecular weight is 458 g/mol. The number of aromatic nitrogens is 2. The second-order valence-electron chi connectivity index (χ2n) is 7.56. The molecule has 4 aromatic rings. The first kappa shape index (κ1) is 18.9. The van der Waals surface area contributed by atoms with Crippen LogP contribution in [0.1, 0.15) is 28.9 Å². The highest BCUT2D eigenvalue weighted by atomic mass is 79.9. The number of pyridine rings is 2. The van der Waals surface area contributed by atoms with Crippen molar-refractivity contribution in [3.05, 3.63) is 94.7 Å². The standard InChI is InChI=1S/C25H20BrN3O/c26-18-10-8-17(9-11-18)24-15-22(21-6-1-2-7-23(21)28-24)25(30)29(20-12-13-20)16-19-5-3-4-14-27-19/h1-11,14-15,20H,12-13,16H2. The van der Waals surface area contributed by atoms with E-state index in [4.69, 9.17) is 4.98 Å². The van der Waals surface area contributed by atoms with Crippen molar-refractivity contribution in [3.63, 3.8) is 0 Å². The van der Waals surface area contributed by atoms with E-state index in [1.807, 2.05) is 77.7 Å². The zero-order valence-electron chi connectivity index (χ0n) is 16.3. The maximum atomic E-state index is 13.7. The van der Waals surface area contributed by atoms with Gasteiger partial charge in [-0.15, -0.1) is 0 Å². The molecule has 0 unspecified atom stereocenters. The lowest BCUT2D eigenvalue weighted by atomic mass is 10.0. The highest BCUT2D eigenvalue weighted by Crippen LogP contribution is 2.32. The molecule has 0 bridgehead atoms. The van der Waals surface area contributed by atoms with E-state index in [1.165, 1.54) is 0 Å². The average Bonchev–Trinajstić information content (AvgIpc) is 3.63. The third-order valence-corrected chi connectivity index (χ3v) is 5.92. The summed E-state index contributed by atoms with van der Waals surface area (Å²) < 4.78 is 1.01. The highest BCUT2D eigenvalue weighted by molar-refractivity contribution is 9.10. The van der Waals surface area contributed by atoms with Gasteiger partial charge < -0.3 is 4.90 Å². The molecule has 148 valence electrons. The summed E-state index contributed by atoms with van der Waals surface area (Å²) in [5.41, 5.74) is 4.22. The Kier molecular flexibility index (Phi) is 5.05. The Labute approximate surface area is 183 Å². The van der Waals surface area contributed by atoms with Crippen molar-refractivity contribution in [1.82, 2.24) is 14.9 Å². The number of hydrogen-bond donors (Lipinski definition) is 0. The topological polar surface area (TPSA) is 46.1 Å². The van der Waals surface area contributed by atoms with E-state index in [9.17, 15) is 4.79 Å². The number of carbonyl (C=O) groups excluding carboxylic acids is 1. The second kappa shape index (κ2) is 8.00. The van der Waals surface area contributed by atoms with E-state index in [-0.39, 0.29) is 11.9 Å². The summed E-state index contributed by atoms with van der Waals surface area (Å²) in [7, 11) is 0. The molecular weight excluding hydrogens is 438 g/mol. The van der Waals surface area contributed by atoms with Gasteiger partial charge in [-0.3, -0.25) is 9.78 Å². The first-order chi connectivity index (χ1) is 14.7. The molecule has 4 nitrogen and oxygen atoms in total. The fourth-order valence-corrected chi connectivity index (χ4v) is 3.96. The van der Waals surface area contributed by atoms with Gasteiger partial charge in [-0.2, -0.15) is 0 Å². The van der Waals surface area contributed by atoms with Crippen LogP contribution in [-0.2, 0) is 6.54 Å². The number of carbonyl (C=O) groups is 1. The maximum Gasteiger partial charge on any atom is 0.255 e. The van der Waals surface area contributed by atoms with Crippen molar-refractivity contribution >= 4 is 32.7 Å². The largest absolute Gasteiger partial charge is 0.330 e. The Hall–Kier alpha value is -3.05. The summed E-state index contributed by atoms with van der Waals surface area (Å²) >= 11 is 3.48. The van der Waals surface area contributed by atoms with Crippen LogP contribution in [-0.4, -0.2) is 26.8 Å². The van der Waals surface area contributed by atoms with Crippen molar-refractivity contribution in [1.29, 1.82) is 0 Å². The van der Waals surface area contributed by atoms with Gasteiger partial charge in [0.1, 0.15) is 0 Å². The molecule has 1 aliphatic rings. The normalized spacial score (nSPS) is 13.4. The molecule has 0 N–H and O–H groups in total. The minimum absolute atomic E-state index is 0.0418. The van der Waals surface area contributed by atoms with E-state index in [0.717, 1.165) is 45.2 Å². The van der Waals surface area contributed by atoms with Gasteiger partial charge in [0.05, 0.1) is 29.0 Å². The van der Waals surface area contributed by atoms with Crippen molar-refractivity contribution in [2.24, 2.45) is 0 Å². The van der Waals surface area contributed by atoms with E-state index < -0.39 is 0 Å². The molecule has 5 heteroatoms. The third kappa shape index (κ3) is 3.85. The first-order valence-electron chi connectivity index (χ1n) is 10.1. The second-order valence-corrected chi connectivity index (χ2v) is 8.48. The Morgan fingerprint density at radius 3 is 2.50 bits per heavy atom. The molecule has 1 fully saturated rings. The molecule has 0 saturated heterocycles. The van der Waals surface area contributed by atoms with Gasteiger partial charge in [0.25, 0.3) is 5.91 Å². The van der Waals surface area contributed by atoms with Crippen LogP contribution in [0.2, 0.25) is 0 Å². The van der Waals surface area contributed by atoms with E-state index in [1.54, 1.807) is 6.20 Å². The van der Waals surface area contributed by atoms with Crippen LogP contribution in [0, 0.1) is 0 Å². The zero-order valence-corrected chi connectivity index (χ0v) is 17.9. The van der Waals surface area contributed by atoms with E-state index >= 15 is 0 Å². The van der Waals surface area contributed by atoms with Gasteiger partial charge in [0.15, 0.2) is 0 Å². The monoisotopic (exact) mass is 457 g/mol. The fraction of sp³-hybridized carbons (Fsp3) is 0.160. The molecule has 5 rings (SSSR count). The number of amides is 1. The van der Waals surface area contributed by atoms with Crippen LogP contribution < -0.4 is 0 Å². The Bertz CT molecular complexity index is 1200. The number of hydrogen-bond acceptors (Lipinski definition) is 3. The SMILES string of the molecule is O=C(c1cc(-c2ccc(Br)cc2)nc2ccccc12)N(Cc1ccccn1)C1CC1. The van der Waals surface area contributed by atoms with Crippen LogP contribution in [0.5, 0.6) is 0 Å². The molecule has 1 saturated carbocycles. The fourth-order valence-electron chi connectivity index (χ4n) is 3.69. The van der Waals surface area contributed by atoms with Crippen molar-refractivity contribution < 1.29 is 4.79 Å². The highest BCUT2D eigenvalue weighted by Gasteiger charge is 2.34. The van der Waals surface area contributed by atoms with Crippen LogP contribution in [0.4, 0.5) is 0 Å². The Balaban J connectivity index is 1.59. The number of nitrogens with zero attached hydrogens (tertiary/aromatic N) is 3. The molecule has 0 atom stereocenters.